The van der Waals surface area contributed by atoms with Gasteiger partial charge in [0, 0.05) is 31.7 Å². The summed E-state index contributed by atoms with van der Waals surface area (Å²) in [5.41, 5.74) is 0.601. The molecule has 2 aliphatic carbocycles. The van der Waals surface area contributed by atoms with Crippen LogP contribution in [0, 0.1) is 11.2 Å². The standard InChI is InChI=1S/C31H37F4N7O3/c32-21-17-20(8-9-22(21)40-13-15-44-16-14-40)42-27-25(30(28(42)43)10-2-1-3-11-30)26(37-19-6-7-19)38-24(39-27)18-45-29(36)41-12-4-5-23(41)31(33,34)35/h8-9,17,19,23,36H,1-7,10-16,18H2,(H,37,38,39)/t23-/m1/s1. The Morgan fingerprint density at radius 3 is 2.51 bits per heavy atom. The van der Waals surface area contributed by atoms with Gasteiger partial charge in [0.1, 0.15) is 23.5 Å². The Morgan fingerprint density at radius 2 is 1.82 bits per heavy atom. The van der Waals surface area contributed by atoms with Crippen molar-refractivity contribution in [1.29, 1.82) is 5.41 Å². The van der Waals surface area contributed by atoms with Crippen LogP contribution in [0.4, 0.5) is 40.6 Å². The monoisotopic (exact) mass is 631 g/mol. The van der Waals surface area contributed by atoms with E-state index >= 15 is 4.39 Å². The number of nitrogens with one attached hydrogen (secondary N) is 2. The van der Waals surface area contributed by atoms with E-state index in [0.29, 0.717) is 74.1 Å². The highest BCUT2D eigenvalue weighted by molar-refractivity contribution is 6.13. The molecule has 4 fully saturated rings. The molecule has 0 radical (unpaired) electrons. The van der Waals surface area contributed by atoms with Crippen molar-refractivity contribution in [3.63, 3.8) is 0 Å². The highest BCUT2D eigenvalue weighted by Crippen LogP contribution is 2.54. The molecule has 242 valence electrons. The number of benzene rings is 1. The number of carbonyl (C=O) groups is 1. The first-order valence-corrected chi connectivity index (χ1v) is 15.9. The van der Waals surface area contributed by atoms with Gasteiger partial charge < -0.3 is 24.6 Å². The maximum atomic E-state index is 15.6. The minimum atomic E-state index is -4.47. The Bertz CT molecular complexity index is 1470. The van der Waals surface area contributed by atoms with Crippen molar-refractivity contribution in [2.24, 2.45) is 0 Å². The predicted octanol–water partition coefficient (Wildman–Crippen LogP) is 5.38. The molecule has 1 aromatic heterocycles. The normalized spacial score (nSPS) is 23.1. The Balaban J connectivity index is 1.25. The van der Waals surface area contributed by atoms with Gasteiger partial charge >= 0.3 is 6.18 Å². The fraction of sp³-hybridized carbons (Fsp3) is 0.613. The molecule has 5 aliphatic rings. The van der Waals surface area contributed by atoms with Crippen LogP contribution in [0.5, 0.6) is 0 Å². The third-order valence-electron chi connectivity index (χ3n) is 9.64. The van der Waals surface area contributed by atoms with Crippen LogP contribution >= 0.6 is 0 Å². The molecule has 2 saturated carbocycles. The summed E-state index contributed by atoms with van der Waals surface area (Å²) in [4.78, 5) is 28.3. The Morgan fingerprint density at radius 1 is 1.07 bits per heavy atom. The number of anilines is 4. The maximum absolute atomic E-state index is 15.6. The van der Waals surface area contributed by atoms with E-state index in [0.717, 1.165) is 37.0 Å². The molecule has 1 amide bonds. The molecule has 2 aromatic rings. The number of nitrogens with zero attached hydrogens (tertiary/aromatic N) is 5. The molecule has 45 heavy (non-hydrogen) atoms. The molecular formula is C31H37F4N7O3. The van der Waals surface area contributed by atoms with Crippen LogP contribution in [-0.2, 0) is 26.3 Å². The minimum Gasteiger partial charge on any atom is -0.457 e. The molecule has 2 N–H and O–H groups in total. The maximum Gasteiger partial charge on any atom is 0.408 e. The lowest BCUT2D eigenvalue weighted by molar-refractivity contribution is -0.169. The zero-order valence-electron chi connectivity index (χ0n) is 25.0. The van der Waals surface area contributed by atoms with Gasteiger partial charge in [-0.25, -0.2) is 14.4 Å². The van der Waals surface area contributed by atoms with Gasteiger partial charge in [0.2, 0.25) is 5.91 Å². The van der Waals surface area contributed by atoms with Crippen molar-refractivity contribution in [2.75, 3.05) is 48.0 Å². The van der Waals surface area contributed by atoms with Crippen molar-refractivity contribution in [3.8, 4) is 0 Å². The number of likely N-dealkylation sites (tertiary alicyclic amines) is 1. The molecule has 14 heteroatoms. The summed E-state index contributed by atoms with van der Waals surface area (Å²) < 4.78 is 67.2. The summed E-state index contributed by atoms with van der Waals surface area (Å²) >= 11 is 0. The molecule has 4 heterocycles. The molecule has 2 saturated heterocycles. The summed E-state index contributed by atoms with van der Waals surface area (Å²) in [6.45, 7) is 1.85. The summed E-state index contributed by atoms with van der Waals surface area (Å²) in [5, 5.41) is 11.7. The first kappa shape index (κ1) is 30.0. The van der Waals surface area contributed by atoms with Gasteiger partial charge in [-0.05, 0) is 50.7 Å². The summed E-state index contributed by atoms with van der Waals surface area (Å²) in [7, 11) is 0. The van der Waals surface area contributed by atoms with Crippen LogP contribution in [0.15, 0.2) is 18.2 Å². The molecule has 0 bridgehead atoms. The lowest BCUT2D eigenvalue weighted by Gasteiger charge is -2.33. The van der Waals surface area contributed by atoms with Gasteiger partial charge in [0.25, 0.3) is 6.02 Å². The third kappa shape index (κ3) is 5.55. The number of hydrogen-bond donors (Lipinski definition) is 2. The van der Waals surface area contributed by atoms with Crippen LogP contribution in [-0.4, -0.2) is 77.9 Å². The van der Waals surface area contributed by atoms with Gasteiger partial charge in [-0.3, -0.25) is 15.1 Å². The molecule has 3 aliphatic heterocycles. The number of ether oxygens (including phenoxy) is 2. The molecule has 7 rings (SSSR count). The number of fused-ring (bicyclic) bond motifs is 2. The Labute approximate surface area is 258 Å². The SMILES string of the molecule is N=C(OCc1nc(NC2CC2)c2c(n1)N(c1ccc(N3CCOCC3)c(F)c1)C(=O)C21CCCCC1)N1CCC[C@@H]1C(F)(F)F. The number of amidine groups is 1. The highest BCUT2D eigenvalue weighted by Gasteiger charge is 2.55. The van der Waals surface area contributed by atoms with E-state index in [1.54, 1.807) is 12.1 Å². The second kappa shape index (κ2) is 11.6. The number of amides is 1. The van der Waals surface area contributed by atoms with Crippen LogP contribution in [0.25, 0.3) is 0 Å². The van der Waals surface area contributed by atoms with Crippen LogP contribution in [0.1, 0.15) is 69.2 Å². The summed E-state index contributed by atoms with van der Waals surface area (Å²) in [6.07, 6.45) is 1.56. The third-order valence-corrected chi connectivity index (χ3v) is 9.64. The lowest BCUT2D eigenvalue weighted by Crippen LogP contribution is -2.45. The van der Waals surface area contributed by atoms with E-state index in [1.165, 1.54) is 11.0 Å². The molecule has 1 aromatic carbocycles. The van der Waals surface area contributed by atoms with Gasteiger partial charge in [0.15, 0.2) is 12.4 Å². The molecule has 10 nitrogen and oxygen atoms in total. The summed E-state index contributed by atoms with van der Waals surface area (Å²) in [6, 6.07) is 2.59. The predicted molar refractivity (Wildman–Crippen MR) is 158 cm³/mol. The quantitative estimate of drug-likeness (QED) is 0.249. The second-order valence-electron chi connectivity index (χ2n) is 12.6. The minimum absolute atomic E-state index is 0.0688. The van der Waals surface area contributed by atoms with Crippen molar-refractivity contribution in [2.45, 2.75) is 88.1 Å². The number of hydrogen-bond acceptors (Lipinski definition) is 8. The van der Waals surface area contributed by atoms with Crippen LogP contribution < -0.4 is 15.1 Å². The topological polar surface area (TPSA) is 107 Å². The first-order valence-electron chi connectivity index (χ1n) is 15.9. The van der Waals surface area contributed by atoms with Crippen molar-refractivity contribution in [3.05, 3.63) is 35.4 Å². The second-order valence-corrected chi connectivity index (χ2v) is 12.6. The van der Waals surface area contributed by atoms with E-state index < -0.39 is 29.5 Å². The number of halogens is 4. The average molecular weight is 632 g/mol. The van der Waals surface area contributed by atoms with Gasteiger partial charge in [-0.1, -0.05) is 19.3 Å². The molecule has 0 unspecified atom stereocenters. The van der Waals surface area contributed by atoms with E-state index in [2.05, 4.69) is 5.32 Å². The fourth-order valence-electron chi connectivity index (χ4n) is 7.22. The molecular weight excluding hydrogens is 594 g/mol. The van der Waals surface area contributed by atoms with Crippen molar-refractivity contribution >= 4 is 34.9 Å². The van der Waals surface area contributed by atoms with Gasteiger partial charge in [-0.15, -0.1) is 0 Å². The first-order chi connectivity index (χ1) is 21.7. The number of carbonyl (C=O) groups excluding carboxylic acids is 1. The number of alkyl halides is 3. The smallest absolute Gasteiger partial charge is 0.408 e. The van der Waals surface area contributed by atoms with Crippen molar-refractivity contribution in [1.82, 2.24) is 14.9 Å². The fourth-order valence-corrected chi connectivity index (χ4v) is 7.22. The summed E-state index contributed by atoms with van der Waals surface area (Å²) in [5.74, 6) is 0.323. The Hall–Kier alpha value is -3.68. The average Bonchev–Trinajstić information content (AvgIpc) is 3.62. The zero-order valence-corrected chi connectivity index (χ0v) is 25.0. The highest BCUT2D eigenvalue weighted by atomic mass is 19.4. The Kier molecular flexibility index (Phi) is 7.73. The molecule has 1 atom stereocenters. The largest absolute Gasteiger partial charge is 0.457 e. The van der Waals surface area contributed by atoms with E-state index in [9.17, 15) is 18.0 Å². The lowest BCUT2D eigenvalue weighted by atomic mass is 9.70. The van der Waals surface area contributed by atoms with Gasteiger partial charge in [-0.2, -0.15) is 13.2 Å². The van der Waals surface area contributed by atoms with E-state index in [4.69, 9.17) is 24.9 Å². The molecule has 1 spiro atoms. The number of rotatable bonds is 6. The van der Waals surface area contributed by atoms with Gasteiger partial charge in [0.05, 0.1) is 35.6 Å². The van der Waals surface area contributed by atoms with Crippen LogP contribution in [0.3, 0.4) is 0 Å². The number of aromatic nitrogens is 2. The van der Waals surface area contributed by atoms with Crippen LogP contribution in [0.2, 0.25) is 0 Å². The number of morpholine rings is 1. The van der Waals surface area contributed by atoms with E-state index in [-0.39, 0.29) is 37.3 Å². The van der Waals surface area contributed by atoms with Crippen molar-refractivity contribution < 1.29 is 31.8 Å². The zero-order chi connectivity index (χ0) is 31.3. The van der Waals surface area contributed by atoms with E-state index in [1.807, 2.05) is 4.90 Å².